The summed E-state index contributed by atoms with van der Waals surface area (Å²) in [5, 5.41) is 9.74. The van der Waals surface area contributed by atoms with E-state index in [1.807, 2.05) is 18.2 Å². The van der Waals surface area contributed by atoms with Crippen LogP contribution in [0.1, 0.15) is 66.2 Å². The summed E-state index contributed by atoms with van der Waals surface area (Å²) in [5.74, 6) is 2.06. The van der Waals surface area contributed by atoms with Crippen LogP contribution in [-0.4, -0.2) is 15.0 Å². The molecule has 0 aliphatic heterocycles. The molecule has 1 saturated carbocycles. The molecular formula is C28H36ClN3. The Morgan fingerprint density at radius 2 is 2.06 bits per heavy atom. The van der Waals surface area contributed by atoms with Crippen LogP contribution < -0.4 is 0 Å². The van der Waals surface area contributed by atoms with E-state index in [1.165, 1.54) is 38.5 Å². The van der Waals surface area contributed by atoms with Crippen molar-refractivity contribution in [1.82, 2.24) is 15.0 Å². The van der Waals surface area contributed by atoms with Gasteiger partial charge in [-0.1, -0.05) is 80.8 Å². The zero-order valence-corrected chi connectivity index (χ0v) is 20.7. The van der Waals surface area contributed by atoms with Gasteiger partial charge in [0.2, 0.25) is 0 Å². The maximum atomic E-state index is 6.19. The van der Waals surface area contributed by atoms with E-state index in [4.69, 9.17) is 11.6 Å². The average molecular weight is 450 g/mol. The van der Waals surface area contributed by atoms with E-state index in [1.54, 1.807) is 11.1 Å². The molecule has 1 aromatic carbocycles. The fraction of sp³-hybridized carbons (Fsp3) is 0.571. The first-order valence-electron chi connectivity index (χ1n) is 12.4. The summed E-state index contributed by atoms with van der Waals surface area (Å²) in [6.07, 6.45) is 15.0. The third-order valence-electron chi connectivity index (χ3n) is 8.89. The molecule has 170 valence electrons. The molecule has 0 spiro atoms. The summed E-state index contributed by atoms with van der Waals surface area (Å²) < 4.78 is 2.08. The van der Waals surface area contributed by atoms with Crippen LogP contribution in [0.5, 0.6) is 0 Å². The van der Waals surface area contributed by atoms with Crippen molar-refractivity contribution < 1.29 is 0 Å². The molecule has 4 heteroatoms. The maximum absolute atomic E-state index is 6.19. The molecule has 3 aliphatic rings. The van der Waals surface area contributed by atoms with Crippen molar-refractivity contribution in [2.24, 2.45) is 28.6 Å². The summed E-state index contributed by atoms with van der Waals surface area (Å²) in [7, 11) is 0. The Labute approximate surface area is 197 Å². The van der Waals surface area contributed by atoms with Crippen LogP contribution in [0, 0.1) is 28.6 Å². The minimum absolute atomic E-state index is 0.233. The maximum Gasteiger partial charge on any atom is 0.113 e. The Morgan fingerprint density at radius 3 is 2.84 bits per heavy atom. The van der Waals surface area contributed by atoms with Gasteiger partial charge in [0.1, 0.15) is 5.69 Å². The number of hydrogen-bond acceptors (Lipinski definition) is 2. The van der Waals surface area contributed by atoms with Gasteiger partial charge in [-0.05, 0) is 78.4 Å². The number of fused-ring (bicyclic) bond motifs is 3. The smallest absolute Gasteiger partial charge is 0.113 e. The lowest BCUT2D eigenvalue weighted by atomic mass is 9.47. The van der Waals surface area contributed by atoms with Crippen LogP contribution >= 0.6 is 11.6 Å². The largest absolute Gasteiger partial charge is 0.251 e. The Morgan fingerprint density at radius 1 is 1.22 bits per heavy atom. The molecule has 2 aromatic rings. The van der Waals surface area contributed by atoms with Gasteiger partial charge in [-0.2, -0.15) is 0 Å². The van der Waals surface area contributed by atoms with Gasteiger partial charge >= 0.3 is 0 Å². The molecule has 3 aliphatic carbocycles. The second kappa shape index (κ2) is 8.17. The van der Waals surface area contributed by atoms with Crippen LogP contribution in [0.4, 0.5) is 0 Å². The third-order valence-corrected chi connectivity index (χ3v) is 9.12. The summed E-state index contributed by atoms with van der Waals surface area (Å²) in [6, 6.07) is 7.88. The van der Waals surface area contributed by atoms with Crippen molar-refractivity contribution in [3.63, 3.8) is 0 Å². The van der Waals surface area contributed by atoms with E-state index < -0.39 is 0 Å². The van der Waals surface area contributed by atoms with Crippen LogP contribution in [0.15, 0.2) is 53.8 Å². The summed E-state index contributed by atoms with van der Waals surface area (Å²) in [6.45, 7) is 10.7. The van der Waals surface area contributed by atoms with Gasteiger partial charge in [-0.3, -0.25) is 4.68 Å². The van der Waals surface area contributed by atoms with E-state index in [0.29, 0.717) is 23.2 Å². The van der Waals surface area contributed by atoms with Crippen LogP contribution in [0.25, 0.3) is 11.3 Å². The van der Waals surface area contributed by atoms with E-state index in [-0.39, 0.29) is 5.41 Å². The molecule has 0 N–H and O–H groups in total. The molecule has 0 bridgehead atoms. The zero-order valence-electron chi connectivity index (χ0n) is 19.9. The zero-order chi connectivity index (χ0) is 22.5. The van der Waals surface area contributed by atoms with Crippen molar-refractivity contribution in [2.45, 2.75) is 72.8 Å². The van der Waals surface area contributed by atoms with Crippen LogP contribution in [0.3, 0.4) is 0 Å². The first-order chi connectivity index (χ1) is 15.3. The van der Waals surface area contributed by atoms with Gasteiger partial charge in [0, 0.05) is 17.1 Å². The van der Waals surface area contributed by atoms with Gasteiger partial charge < -0.3 is 0 Å². The van der Waals surface area contributed by atoms with Crippen molar-refractivity contribution in [3.05, 3.63) is 58.8 Å². The molecule has 1 aromatic heterocycles. The molecule has 0 radical (unpaired) electrons. The van der Waals surface area contributed by atoms with Crippen LogP contribution in [0.2, 0.25) is 5.02 Å². The quantitative estimate of drug-likeness (QED) is 0.477. The van der Waals surface area contributed by atoms with E-state index in [2.05, 4.69) is 67.1 Å². The topological polar surface area (TPSA) is 30.7 Å². The fourth-order valence-corrected chi connectivity index (χ4v) is 7.38. The lowest BCUT2D eigenvalue weighted by Crippen LogP contribution is -2.51. The Balaban J connectivity index is 1.41. The van der Waals surface area contributed by atoms with Crippen molar-refractivity contribution in [2.75, 3.05) is 0 Å². The van der Waals surface area contributed by atoms with Crippen molar-refractivity contribution >= 4 is 11.6 Å². The molecule has 1 fully saturated rings. The van der Waals surface area contributed by atoms with E-state index in [9.17, 15) is 0 Å². The van der Waals surface area contributed by atoms with Gasteiger partial charge in [-0.15, -0.1) is 5.10 Å². The van der Waals surface area contributed by atoms with Crippen molar-refractivity contribution in [3.8, 4) is 11.3 Å². The molecule has 5 rings (SSSR count). The fourth-order valence-electron chi connectivity index (χ4n) is 7.19. The molecule has 0 amide bonds. The molecule has 4 atom stereocenters. The highest BCUT2D eigenvalue weighted by molar-refractivity contribution is 6.30. The van der Waals surface area contributed by atoms with Gasteiger partial charge in [0.05, 0.1) is 6.20 Å². The second-order valence-corrected chi connectivity index (χ2v) is 11.7. The number of allylic oxidation sites excluding steroid dienone is 4. The molecule has 2 unspecified atom stereocenters. The van der Waals surface area contributed by atoms with E-state index in [0.717, 1.165) is 22.8 Å². The highest BCUT2D eigenvalue weighted by Crippen LogP contribution is 2.62. The van der Waals surface area contributed by atoms with Crippen LogP contribution in [-0.2, 0) is 6.54 Å². The number of benzene rings is 1. The Kier molecular flexibility index (Phi) is 5.60. The van der Waals surface area contributed by atoms with Gasteiger partial charge in [-0.25, -0.2) is 0 Å². The van der Waals surface area contributed by atoms with Crippen molar-refractivity contribution in [1.29, 1.82) is 0 Å². The predicted octanol–water partition coefficient (Wildman–Crippen LogP) is 7.73. The minimum atomic E-state index is 0.233. The molecule has 0 saturated heterocycles. The summed E-state index contributed by atoms with van der Waals surface area (Å²) in [5.41, 5.74) is 5.82. The highest BCUT2D eigenvalue weighted by atomic mass is 35.5. The number of aromatic nitrogens is 3. The summed E-state index contributed by atoms with van der Waals surface area (Å²) >= 11 is 6.19. The SMILES string of the molecule is CC(C)C1=CC2=CCC3[C@](C)(Cn4cc(-c5cccc(Cl)c5)nn4)CCC[C@]3(C)C2CC1. The molecule has 32 heavy (non-hydrogen) atoms. The standard InChI is InChI=1S/C28H36ClN3/c1-19(2)20-9-11-24-21(15-20)10-12-26-27(3,13-6-14-28(24,26)4)18-32-17-25(30-31-32)22-7-5-8-23(29)16-22/h5,7-8,10,15-17,19,24,26H,6,9,11-14,18H2,1-4H3/t24?,26?,27-,28+/m0/s1. The lowest BCUT2D eigenvalue weighted by Gasteiger charge is -2.58. The third kappa shape index (κ3) is 3.77. The number of halogens is 1. The highest BCUT2D eigenvalue weighted by Gasteiger charge is 2.54. The Hall–Kier alpha value is -1.87. The monoisotopic (exact) mass is 449 g/mol. The van der Waals surface area contributed by atoms with E-state index >= 15 is 0 Å². The number of nitrogens with zero attached hydrogens (tertiary/aromatic N) is 3. The normalized spacial score (nSPS) is 32.2. The summed E-state index contributed by atoms with van der Waals surface area (Å²) in [4.78, 5) is 0. The minimum Gasteiger partial charge on any atom is -0.251 e. The Bertz CT molecular complexity index is 1060. The molecule has 1 heterocycles. The van der Waals surface area contributed by atoms with Gasteiger partial charge in [0.25, 0.3) is 0 Å². The second-order valence-electron chi connectivity index (χ2n) is 11.3. The lowest BCUT2D eigenvalue weighted by molar-refractivity contribution is -0.0588. The number of hydrogen-bond donors (Lipinski definition) is 0. The molecular weight excluding hydrogens is 414 g/mol. The average Bonchev–Trinajstić information content (AvgIpc) is 3.21. The first kappa shape index (κ1) is 21.9. The number of rotatable bonds is 4. The van der Waals surface area contributed by atoms with Gasteiger partial charge in [0.15, 0.2) is 0 Å². The first-order valence-corrected chi connectivity index (χ1v) is 12.7. The molecule has 3 nitrogen and oxygen atoms in total. The predicted molar refractivity (Wildman–Crippen MR) is 132 cm³/mol.